The fourth-order valence-corrected chi connectivity index (χ4v) is 2.57. The predicted molar refractivity (Wildman–Crippen MR) is 101 cm³/mol. The van der Waals surface area contributed by atoms with Crippen LogP contribution in [0.15, 0.2) is 60.8 Å². The second kappa shape index (κ2) is 8.39. The molecule has 0 aliphatic carbocycles. The predicted octanol–water partition coefficient (Wildman–Crippen LogP) is 3.85. The van der Waals surface area contributed by atoms with Crippen LogP contribution < -0.4 is 10.6 Å². The minimum Gasteiger partial charge on any atom is -0.348 e. The van der Waals surface area contributed by atoms with E-state index in [1.54, 1.807) is 0 Å². The van der Waals surface area contributed by atoms with Gasteiger partial charge in [0.25, 0.3) is 11.8 Å². The summed E-state index contributed by atoms with van der Waals surface area (Å²) in [6.07, 6.45) is 1.34. The molecule has 2 N–H and O–H groups in total. The summed E-state index contributed by atoms with van der Waals surface area (Å²) in [6, 6.07) is 13.6. The molecule has 0 spiro atoms. The highest BCUT2D eigenvalue weighted by Gasteiger charge is 2.13. The maximum Gasteiger partial charge on any atom is 0.274 e. The van der Waals surface area contributed by atoms with Crippen molar-refractivity contribution >= 4 is 17.5 Å². The Balaban J connectivity index is 1.67. The number of aromatic nitrogens is 1. The van der Waals surface area contributed by atoms with Crippen LogP contribution in [0.1, 0.15) is 32.0 Å². The number of amides is 2. The second-order valence-corrected chi connectivity index (χ2v) is 6.18. The number of nitrogens with zero attached hydrogens (tertiary/aromatic N) is 1. The van der Waals surface area contributed by atoms with E-state index in [0.29, 0.717) is 6.54 Å². The summed E-state index contributed by atoms with van der Waals surface area (Å²) in [5, 5.41) is 5.20. The van der Waals surface area contributed by atoms with Crippen molar-refractivity contribution in [1.82, 2.24) is 10.3 Å². The van der Waals surface area contributed by atoms with E-state index in [1.165, 1.54) is 24.4 Å². The number of anilines is 1. The van der Waals surface area contributed by atoms with Crippen LogP contribution in [0.4, 0.5) is 14.5 Å². The fraction of sp³-hybridized carbons (Fsp3) is 0.0952. The molecule has 0 aliphatic heterocycles. The lowest BCUT2D eigenvalue weighted by atomic mass is 10.1. The molecule has 5 nitrogen and oxygen atoms in total. The summed E-state index contributed by atoms with van der Waals surface area (Å²) < 4.78 is 26.2. The Morgan fingerprint density at radius 3 is 2.54 bits per heavy atom. The normalized spacial score (nSPS) is 10.4. The molecule has 2 aromatic carbocycles. The van der Waals surface area contributed by atoms with E-state index in [2.05, 4.69) is 15.6 Å². The molecule has 0 unspecified atom stereocenters. The van der Waals surface area contributed by atoms with Crippen molar-refractivity contribution in [3.8, 4) is 0 Å². The molecule has 1 heterocycles. The van der Waals surface area contributed by atoms with Gasteiger partial charge in [0.1, 0.15) is 5.69 Å². The summed E-state index contributed by atoms with van der Waals surface area (Å²) >= 11 is 0. The minimum atomic E-state index is -1.07. The van der Waals surface area contributed by atoms with Gasteiger partial charge in [-0.3, -0.25) is 14.6 Å². The average Bonchev–Trinajstić information content (AvgIpc) is 2.69. The molecule has 7 heteroatoms. The van der Waals surface area contributed by atoms with Crippen LogP contribution in [0.5, 0.6) is 0 Å². The molecule has 142 valence electrons. The molecule has 3 aromatic rings. The lowest BCUT2D eigenvalue weighted by molar-refractivity contribution is 0.0950. The molecule has 0 saturated carbocycles. The van der Waals surface area contributed by atoms with Crippen molar-refractivity contribution in [2.75, 3.05) is 5.32 Å². The Morgan fingerprint density at radius 1 is 0.964 bits per heavy atom. The number of carbonyl (C=O) groups excluding carboxylic acids is 2. The van der Waals surface area contributed by atoms with E-state index in [1.807, 2.05) is 31.2 Å². The van der Waals surface area contributed by atoms with Crippen LogP contribution in [0.2, 0.25) is 0 Å². The van der Waals surface area contributed by atoms with E-state index in [4.69, 9.17) is 0 Å². The van der Waals surface area contributed by atoms with E-state index < -0.39 is 17.5 Å². The quantitative estimate of drug-likeness (QED) is 0.705. The largest absolute Gasteiger partial charge is 0.348 e. The number of hydrogen-bond acceptors (Lipinski definition) is 3. The number of hydrogen-bond donors (Lipinski definition) is 2. The molecule has 0 saturated heterocycles. The van der Waals surface area contributed by atoms with E-state index in [9.17, 15) is 18.4 Å². The van der Waals surface area contributed by atoms with Crippen LogP contribution in [-0.4, -0.2) is 16.8 Å². The van der Waals surface area contributed by atoms with Crippen LogP contribution in [-0.2, 0) is 6.54 Å². The zero-order valence-electron chi connectivity index (χ0n) is 15.0. The Labute approximate surface area is 160 Å². The maximum atomic E-state index is 13.3. The second-order valence-electron chi connectivity index (χ2n) is 6.18. The van der Waals surface area contributed by atoms with Gasteiger partial charge in [-0.1, -0.05) is 29.8 Å². The van der Waals surface area contributed by atoms with Crippen molar-refractivity contribution in [3.05, 3.63) is 94.8 Å². The summed E-state index contributed by atoms with van der Waals surface area (Å²) in [4.78, 5) is 28.6. The topological polar surface area (TPSA) is 71.1 Å². The van der Waals surface area contributed by atoms with Gasteiger partial charge in [-0.25, -0.2) is 8.78 Å². The summed E-state index contributed by atoms with van der Waals surface area (Å²) in [7, 11) is 0. The first-order valence-electron chi connectivity index (χ1n) is 8.48. The highest BCUT2D eigenvalue weighted by Crippen LogP contribution is 2.14. The first-order chi connectivity index (χ1) is 13.4. The fourth-order valence-electron chi connectivity index (χ4n) is 2.57. The third kappa shape index (κ3) is 4.76. The van der Waals surface area contributed by atoms with Gasteiger partial charge in [0, 0.05) is 30.1 Å². The van der Waals surface area contributed by atoms with E-state index in [-0.39, 0.29) is 22.9 Å². The molecule has 28 heavy (non-hydrogen) atoms. The van der Waals surface area contributed by atoms with Crippen molar-refractivity contribution in [3.63, 3.8) is 0 Å². The third-order valence-corrected chi connectivity index (χ3v) is 3.97. The molecule has 3 rings (SSSR count). The highest BCUT2D eigenvalue weighted by molar-refractivity contribution is 6.04. The van der Waals surface area contributed by atoms with Gasteiger partial charge in [0.2, 0.25) is 0 Å². The molecule has 0 aliphatic rings. The number of halogens is 2. The van der Waals surface area contributed by atoms with Crippen LogP contribution in [0.25, 0.3) is 0 Å². The zero-order chi connectivity index (χ0) is 20.1. The molecular formula is C21H17F2N3O2. The van der Waals surface area contributed by atoms with Gasteiger partial charge in [0.05, 0.1) is 0 Å². The van der Waals surface area contributed by atoms with Gasteiger partial charge < -0.3 is 10.6 Å². The Hall–Kier alpha value is -3.61. The third-order valence-electron chi connectivity index (χ3n) is 3.97. The van der Waals surface area contributed by atoms with Crippen LogP contribution in [0.3, 0.4) is 0 Å². The number of nitrogens with one attached hydrogen (secondary N) is 2. The van der Waals surface area contributed by atoms with E-state index in [0.717, 1.165) is 23.3 Å². The summed E-state index contributed by atoms with van der Waals surface area (Å²) in [6.45, 7) is 2.31. The Morgan fingerprint density at radius 2 is 1.79 bits per heavy atom. The summed E-state index contributed by atoms with van der Waals surface area (Å²) in [5.74, 6) is -3.08. The monoisotopic (exact) mass is 381 g/mol. The lowest BCUT2D eigenvalue weighted by Gasteiger charge is -2.08. The van der Waals surface area contributed by atoms with E-state index >= 15 is 0 Å². The Bertz CT molecular complexity index is 1040. The van der Waals surface area contributed by atoms with Gasteiger partial charge in [-0.2, -0.15) is 0 Å². The van der Waals surface area contributed by atoms with Gasteiger partial charge in [-0.05, 0) is 36.8 Å². The number of benzene rings is 2. The van der Waals surface area contributed by atoms with Crippen molar-refractivity contribution in [2.45, 2.75) is 13.5 Å². The number of aryl methyl sites for hydroxylation is 1. The number of rotatable bonds is 5. The average molecular weight is 381 g/mol. The standard InChI is InChI=1S/C21H17F2N3O2/c1-13-3-2-4-14(9-13)12-25-20(27)15-7-8-24-19(10-15)21(28)26-16-5-6-17(22)18(23)11-16/h2-11H,12H2,1H3,(H,25,27)(H,26,28). The van der Waals surface area contributed by atoms with Crippen molar-refractivity contribution in [2.24, 2.45) is 0 Å². The number of pyridine rings is 1. The first-order valence-corrected chi connectivity index (χ1v) is 8.48. The lowest BCUT2D eigenvalue weighted by Crippen LogP contribution is -2.23. The van der Waals surface area contributed by atoms with Crippen molar-refractivity contribution in [1.29, 1.82) is 0 Å². The Kier molecular flexibility index (Phi) is 5.74. The smallest absolute Gasteiger partial charge is 0.274 e. The summed E-state index contributed by atoms with van der Waals surface area (Å²) in [5.41, 5.74) is 2.37. The number of carbonyl (C=O) groups is 2. The highest BCUT2D eigenvalue weighted by atomic mass is 19.2. The molecule has 0 atom stereocenters. The molecule has 0 bridgehead atoms. The SMILES string of the molecule is Cc1cccc(CNC(=O)c2ccnc(C(=O)Nc3ccc(F)c(F)c3)c2)c1. The van der Waals surface area contributed by atoms with Crippen LogP contribution >= 0.6 is 0 Å². The van der Waals surface area contributed by atoms with Crippen molar-refractivity contribution < 1.29 is 18.4 Å². The molecule has 0 radical (unpaired) electrons. The minimum absolute atomic E-state index is 0.0204. The molecule has 2 amide bonds. The van der Waals surface area contributed by atoms with Gasteiger partial charge in [0.15, 0.2) is 11.6 Å². The molecule has 1 aromatic heterocycles. The zero-order valence-corrected chi connectivity index (χ0v) is 15.0. The van der Waals surface area contributed by atoms with Crippen LogP contribution in [0, 0.1) is 18.6 Å². The maximum absolute atomic E-state index is 13.3. The van der Waals surface area contributed by atoms with Gasteiger partial charge in [-0.15, -0.1) is 0 Å². The van der Waals surface area contributed by atoms with Gasteiger partial charge >= 0.3 is 0 Å². The molecular weight excluding hydrogens is 364 g/mol. The molecule has 0 fully saturated rings. The first kappa shape index (κ1) is 19.2.